The monoisotopic (exact) mass is 279 g/mol. The highest BCUT2D eigenvalue weighted by Gasteiger charge is 2.27. The minimum Gasteiger partial charge on any atom is -0.355 e. The van der Waals surface area contributed by atoms with E-state index in [4.69, 9.17) is 0 Å². The SMILES string of the molecule is CCc1nn(C)c(NC(C)c2nncn2C)c1[N+](=O)[O-]. The number of hydrogen-bond donors (Lipinski definition) is 1. The number of anilines is 1. The molecule has 1 N–H and O–H groups in total. The fourth-order valence-electron chi connectivity index (χ4n) is 2.11. The van der Waals surface area contributed by atoms with Crippen LogP contribution in [-0.4, -0.2) is 29.5 Å². The third-order valence-corrected chi connectivity index (χ3v) is 3.10. The summed E-state index contributed by atoms with van der Waals surface area (Å²) in [5, 5.41) is 26.3. The maximum Gasteiger partial charge on any atom is 0.333 e. The molecule has 0 spiro atoms. The van der Waals surface area contributed by atoms with Gasteiger partial charge in [0, 0.05) is 14.1 Å². The van der Waals surface area contributed by atoms with Crippen LogP contribution in [0, 0.1) is 10.1 Å². The molecule has 1 atom stereocenters. The van der Waals surface area contributed by atoms with Gasteiger partial charge in [-0.1, -0.05) is 6.92 Å². The van der Waals surface area contributed by atoms with Crippen molar-refractivity contribution in [3.05, 3.63) is 28.0 Å². The lowest BCUT2D eigenvalue weighted by atomic mass is 10.2. The quantitative estimate of drug-likeness (QED) is 0.651. The summed E-state index contributed by atoms with van der Waals surface area (Å²) in [4.78, 5) is 10.8. The summed E-state index contributed by atoms with van der Waals surface area (Å²) < 4.78 is 3.25. The number of rotatable bonds is 5. The summed E-state index contributed by atoms with van der Waals surface area (Å²) in [6.07, 6.45) is 2.09. The summed E-state index contributed by atoms with van der Waals surface area (Å²) in [5.41, 5.74) is 0.481. The highest BCUT2D eigenvalue weighted by atomic mass is 16.6. The lowest BCUT2D eigenvalue weighted by Crippen LogP contribution is -2.15. The molecule has 108 valence electrons. The summed E-state index contributed by atoms with van der Waals surface area (Å²) in [6, 6.07) is -0.221. The zero-order valence-electron chi connectivity index (χ0n) is 11.9. The molecule has 0 aliphatic carbocycles. The maximum absolute atomic E-state index is 11.2. The third-order valence-electron chi connectivity index (χ3n) is 3.10. The van der Waals surface area contributed by atoms with Crippen LogP contribution in [0.4, 0.5) is 11.5 Å². The molecule has 9 heteroatoms. The van der Waals surface area contributed by atoms with Crippen molar-refractivity contribution in [2.45, 2.75) is 26.3 Å². The average Bonchev–Trinajstić information content (AvgIpc) is 2.94. The molecular weight excluding hydrogens is 262 g/mol. The summed E-state index contributed by atoms with van der Waals surface area (Å²) >= 11 is 0. The Balaban J connectivity index is 2.36. The van der Waals surface area contributed by atoms with Gasteiger partial charge in [0.25, 0.3) is 0 Å². The van der Waals surface area contributed by atoms with Crippen LogP contribution in [0.1, 0.15) is 31.4 Å². The normalized spacial score (nSPS) is 12.4. The fourth-order valence-corrected chi connectivity index (χ4v) is 2.11. The van der Waals surface area contributed by atoms with Gasteiger partial charge in [0.05, 0.1) is 11.0 Å². The molecule has 20 heavy (non-hydrogen) atoms. The van der Waals surface area contributed by atoms with Gasteiger partial charge in [-0.3, -0.25) is 10.1 Å². The lowest BCUT2D eigenvalue weighted by molar-refractivity contribution is -0.384. The highest BCUT2D eigenvalue weighted by Crippen LogP contribution is 2.30. The van der Waals surface area contributed by atoms with Crippen LogP contribution in [-0.2, 0) is 20.5 Å². The van der Waals surface area contributed by atoms with Crippen molar-refractivity contribution in [1.29, 1.82) is 0 Å². The summed E-state index contributed by atoms with van der Waals surface area (Å²) in [7, 11) is 3.50. The zero-order valence-corrected chi connectivity index (χ0v) is 11.9. The number of hydrogen-bond acceptors (Lipinski definition) is 6. The van der Waals surface area contributed by atoms with Crippen molar-refractivity contribution in [2.75, 3.05) is 5.32 Å². The molecule has 0 radical (unpaired) electrons. The van der Waals surface area contributed by atoms with Crippen LogP contribution in [0.5, 0.6) is 0 Å². The number of aryl methyl sites for hydroxylation is 3. The van der Waals surface area contributed by atoms with Gasteiger partial charge in [0.2, 0.25) is 5.82 Å². The Labute approximate surface area is 115 Å². The van der Waals surface area contributed by atoms with Gasteiger partial charge >= 0.3 is 5.69 Å². The molecule has 0 saturated heterocycles. The molecule has 0 aliphatic heterocycles. The molecular formula is C11H17N7O2. The molecule has 0 aromatic carbocycles. The highest BCUT2D eigenvalue weighted by molar-refractivity contribution is 5.60. The second-order valence-corrected chi connectivity index (χ2v) is 4.54. The van der Waals surface area contributed by atoms with E-state index in [1.54, 1.807) is 17.9 Å². The van der Waals surface area contributed by atoms with Crippen LogP contribution in [0.15, 0.2) is 6.33 Å². The molecule has 0 fully saturated rings. The van der Waals surface area contributed by atoms with Crippen molar-refractivity contribution in [3.63, 3.8) is 0 Å². The van der Waals surface area contributed by atoms with Gasteiger partial charge in [-0.2, -0.15) is 5.10 Å². The van der Waals surface area contributed by atoms with Gasteiger partial charge in [0.1, 0.15) is 12.0 Å². The van der Waals surface area contributed by atoms with E-state index in [9.17, 15) is 10.1 Å². The summed E-state index contributed by atoms with van der Waals surface area (Å²) in [6.45, 7) is 3.71. The molecule has 2 rings (SSSR count). The van der Waals surface area contributed by atoms with Crippen LogP contribution in [0.2, 0.25) is 0 Å². The van der Waals surface area contributed by atoms with E-state index in [-0.39, 0.29) is 11.7 Å². The van der Waals surface area contributed by atoms with Crippen LogP contribution in [0.3, 0.4) is 0 Å². The Hall–Kier alpha value is -2.45. The lowest BCUT2D eigenvalue weighted by Gasteiger charge is -2.13. The van der Waals surface area contributed by atoms with Crippen LogP contribution < -0.4 is 5.32 Å². The van der Waals surface area contributed by atoms with Crippen molar-refractivity contribution in [1.82, 2.24) is 24.5 Å². The standard InChI is InChI=1S/C11H17N7O2/c1-5-8-9(18(19)20)11(17(4)15-8)13-7(2)10-14-12-6-16(10)3/h6-7,13H,5H2,1-4H3. The van der Waals surface area contributed by atoms with Gasteiger partial charge in [0.15, 0.2) is 5.82 Å². The molecule has 2 heterocycles. The Kier molecular flexibility index (Phi) is 3.68. The van der Waals surface area contributed by atoms with E-state index in [1.165, 1.54) is 4.68 Å². The fraction of sp³-hybridized carbons (Fsp3) is 0.545. The Morgan fingerprint density at radius 1 is 1.50 bits per heavy atom. The van der Waals surface area contributed by atoms with Crippen molar-refractivity contribution in [3.8, 4) is 0 Å². The first-order chi connectivity index (χ1) is 9.45. The number of nitrogens with one attached hydrogen (secondary N) is 1. The first-order valence-electron chi connectivity index (χ1n) is 6.26. The van der Waals surface area contributed by atoms with E-state index in [0.29, 0.717) is 23.8 Å². The average molecular weight is 279 g/mol. The molecule has 2 aromatic rings. The Bertz CT molecular complexity index is 631. The van der Waals surface area contributed by atoms with Gasteiger partial charge in [-0.05, 0) is 13.3 Å². The Morgan fingerprint density at radius 2 is 2.20 bits per heavy atom. The van der Waals surface area contributed by atoms with Crippen molar-refractivity contribution in [2.24, 2.45) is 14.1 Å². The van der Waals surface area contributed by atoms with Gasteiger partial charge < -0.3 is 9.88 Å². The molecule has 0 saturated carbocycles. The topological polar surface area (TPSA) is 104 Å². The smallest absolute Gasteiger partial charge is 0.333 e. The zero-order chi connectivity index (χ0) is 14.9. The summed E-state index contributed by atoms with van der Waals surface area (Å²) in [5.74, 6) is 1.07. The molecule has 0 bridgehead atoms. The number of nitro groups is 1. The third kappa shape index (κ3) is 2.33. The molecule has 2 aromatic heterocycles. The van der Waals surface area contributed by atoms with E-state index >= 15 is 0 Å². The molecule has 9 nitrogen and oxygen atoms in total. The number of nitrogens with zero attached hydrogens (tertiary/aromatic N) is 6. The molecule has 0 aliphatic rings. The van der Waals surface area contributed by atoms with Crippen molar-refractivity contribution >= 4 is 11.5 Å². The molecule has 1 unspecified atom stereocenters. The minimum absolute atomic E-state index is 0.0176. The van der Waals surface area contributed by atoms with Crippen molar-refractivity contribution < 1.29 is 4.92 Å². The second-order valence-electron chi connectivity index (χ2n) is 4.54. The largest absolute Gasteiger partial charge is 0.355 e. The van der Waals surface area contributed by atoms with E-state index in [2.05, 4.69) is 20.6 Å². The van der Waals surface area contributed by atoms with Crippen LogP contribution in [0.25, 0.3) is 0 Å². The van der Waals surface area contributed by atoms with E-state index in [1.807, 2.05) is 20.9 Å². The Morgan fingerprint density at radius 3 is 2.70 bits per heavy atom. The maximum atomic E-state index is 11.2. The first kappa shape index (κ1) is 14.0. The predicted molar refractivity (Wildman–Crippen MR) is 72.3 cm³/mol. The minimum atomic E-state index is -0.405. The van der Waals surface area contributed by atoms with E-state index in [0.717, 1.165) is 0 Å². The number of aromatic nitrogens is 5. The van der Waals surface area contributed by atoms with Gasteiger partial charge in [-0.25, -0.2) is 4.68 Å². The van der Waals surface area contributed by atoms with Gasteiger partial charge in [-0.15, -0.1) is 10.2 Å². The van der Waals surface area contributed by atoms with E-state index < -0.39 is 4.92 Å². The first-order valence-corrected chi connectivity index (χ1v) is 6.26. The van der Waals surface area contributed by atoms with Crippen LogP contribution >= 0.6 is 0 Å². The second kappa shape index (κ2) is 5.27. The molecule has 0 amide bonds. The predicted octanol–water partition coefficient (Wildman–Crippen LogP) is 1.19.